The van der Waals surface area contributed by atoms with Crippen molar-refractivity contribution in [3.63, 3.8) is 0 Å². The average molecular weight is 477 g/mol. The molecule has 1 heterocycles. The molecule has 4 nitrogen and oxygen atoms in total. The van der Waals surface area contributed by atoms with Gasteiger partial charge in [-0.25, -0.2) is 4.39 Å². The van der Waals surface area contributed by atoms with Crippen LogP contribution in [0.15, 0.2) is 41.3 Å². The summed E-state index contributed by atoms with van der Waals surface area (Å²) in [4.78, 5) is 11.0. The molecule has 0 atom stereocenters. The maximum atomic E-state index is 14.3. The number of thioether (sulfide) groups is 1. The average Bonchev–Trinajstić information content (AvgIpc) is 2.92. The predicted molar refractivity (Wildman–Crippen MR) is 107 cm³/mol. The standard InChI is InChI=1S/C21H17F6NO3S/c1-11-14(8-19(29)30)15-7-18(31-2)16(22)9-17(15)28(11)10-12-3-5-13(6-4-12)32-21(26,27)20(23,24)25/h3-7,9H,8,10H2,1-2H3,(H,29,30). The molecule has 172 valence electrons. The number of benzene rings is 2. The molecule has 0 bridgehead atoms. The van der Waals surface area contributed by atoms with Gasteiger partial charge in [-0.1, -0.05) is 12.1 Å². The van der Waals surface area contributed by atoms with Crippen molar-refractivity contribution in [3.05, 3.63) is 59.0 Å². The number of fused-ring (bicyclic) bond motifs is 1. The first kappa shape index (κ1) is 23.8. The molecule has 0 fully saturated rings. The molecule has 11 heteroatoms. The minimum Gasteiger partial charge on any atom is -0.494 e. The van der Waals surface area contributed by atoms with Crippen molar-refractivity contribution in [1.82, 2.24) is 4.57 Å². The van der Waals surface area contributed by atoms with Crippen molar-refractivity contribution < 1.29 is 41.0 Å². The number of carbonyl (C=O) groups is 1. The number of nitrogens with zero attached hydrogens (tertiary/aromatic N) is 1. The Kier molecular flexibility index (Phi) is 6.41. The number of aromatic nitrogens is 1. The highest BCUT2D eigenvalue weighted by Crippen LogP contribution is 2.47. The summed E-state index contributed by atoms with van der Waals surface area (Å²) in [5.74, 6) is -1.78. The number of hydrogen-bond acceptors (Lipinski definition) is 3. The molecule has 2 aromatic carbocycles. The van der Waals surface area contributed by atoms with E-state index in [1.54, 1.807) is 11.5 Å². The highest BCUT2D eigenvalue weighted by atomic mass is 32.2. The molecular weight excluding hydrogens is 460 g/mol. The van der Waals surface area contributed by atoms with Gasteiger partial charge >= 0.3 is 17.4 Å². The third-order valence-electron chi connectivity index (χ3n) is 4.90. The fraction of sp³-hybridized carbons (Fsp3) is 0.286. The van der Waals surface area contributed by atoms with Gasteiger partial charge in [-0.05, 0) is 48.0 Å². The largest absolute Gasteiger partial charge is 0.494 e. The molecular formula is C21H17F6NO3S. The Morgan fingerprint density at radius 2 is 1.75 bits per heavy atom. The van der Waals surface area contributed by atoms with E-state index < -0.39 is 35.0 Å². The Bertz CT molecular complexity index is 1160. The second kappa shape index (κ2) is 8.61. The van der Waals surface area contributed by atoms with Crippen LogP contribution in [0, 0.1) is 12.7 Å². The van der Waals surface area contributed by atoms with Crippen LogP contribution in [0.3, 0.4) is 0 Å². The molecule has 0 saturated heterocycles. The van der Waals surface area contributed by atoms with Crippen molar-refractivity contribution >= 4 is 28.6 Å². The Morgan fingerprint density at radius 1 is 1.12 bits per heavy atom. The normalized spacial score (nSPS) is 12.4. The smallest absolute Gasteiger partial charge is 0.464 e. The predicted octanol–water partition coefficient (Wildman–Crippen LogP) is 6.02. The summed E-state index contributed by atoms with van der Waals surface area (Å²) in [6.07, 6.45) is -5.99. The van der Waals surface area contributed by atoms with Gasteiger partial charge in [0.25, 0.3) is 0 Å². The first-order valence-electron chi connectivity index (χ1n) is 9.13. The minimum absolute atomic E-state index is 0.0479. The SMILES string of the molecule is COc1cc2c(CC(=O)O)c(C)n(Cc3ccc(SC(F)(F)C(F)(F)F)cc3)c2cc1F. The van der Waals surface area contributed by atoms with Crippen LogP contribution in [0.25, 0.3) is 10.9 Å². The van der Waals surface area contributed by atoms with E-state index in [9.17, 15) is 36.2 Å². The molecule has 0 aliphatic rings. The number of methoxy groups -OCH3 is 1. The molecule has 0 saturated carbocycles. The first-order chi connectivity index (χ1) is 14.8. The summed E-state index contributed by atoms with van der Waals surface area (Å²) in [5, 5.41) is 4.81. The van der Waals surface area contributed by atoms with Crippen LogP contribution in [0.1, 0.15) is 16.8 Å². The van der Waals surface area contributed by atoms with Gasteiger partial charge in [-0.3, -0.25) is 4.79 Å². The van der Waals surface area contributed by atoms with Crippen molar-refractivity contribution in [3.8, 4) is 5.75 Å². The van der Waals surface area contributed by atoms with Crippen molar-refractivity contribution in [2.45, 2.75) is 36.2 Å². The highest BCUT2D eigenvalue weighted by molar-refractivity contribution is 8.00. The molecule has 1 N–H and O–H groups in total. The van der Waals surface area contributed by atoms with Crippen molar-refractivity contribution in [1.29, 1.82) is 0 Å². The van der Waals surface area contributed by atoms with Crippen LogP contribution in [-0.2, 0) is 17.8 Å². The van der Waals surface area contributed by atoms with Gasteiger partial charge in [-0.15, -0.1) is 0 Å². The number of ether oxygens (including phenoxy) is 1. The van der Waals surface area contributed by atoms with E-state index >= 15 is 0 Å². The van der Waals surface area contributed by atoms with Crippen LogP contribution < -0.4 is 4.74 Å². The lowest BCUT2D eigenvalue weighted by Gasteiger charge is -2.18. The Balaban J connectivity index is 1.97. The summed E-state index contributed by atoms with van der Waals surface area (Å²) in [7, 11) is 1.28. The van der Waals surface area contributed by atoms with Gasteiger partial charge in [0.05, 0.1) is 19.0 Å². The number of carboxylic acid groups (broad SMARTS) is 1. The summed E-state index contributed by atoms with van der Waals surface area (Å²) in [6.45, 7) is 1.78. The third-order valence-corrected chi connectivity index (χ3v) is 5.89. The van der Waals surface area contributed by atoms with Crippen LogP contribution >= 0.6 is 11.8 Å². The van der Waals surface area contributed by atoms with Gasteiger partial charge in [0.2, 0.25) is 0 Å². The van der Waals surface area contributed by atoms with E-state index in [4.69, 9.17) is 4.74 Å². The summed E-state index contributed by atoms with van der Waals surface area (Å²) in [6, 6.07) is 7.67. The van der Waals surface area contributed by atoms with E-state index in [2.05, 4.69) is 0 Å². The Morgan fingerprint density at radius 3 is 2.28 bits per heavy atom. The molecule has 0 unspecified atom stereocenters. The monoisotopic (exact) mass is 477 g/mol. The zero-order chi connectivity index (χ0) is 23.8. The molecule has 1 aromatic heterocycles. The molecule has 0 aliphatic heterocycles. The second-order valence-corrected chi connectivity index (χ2v) is 8.17. The zero-order valence-corrected chi connectivity index (χ0v) is 17.6. The lowest BCUT2D eigenvalue weighted by molar-refractivity contribution is -0.237. The fourth-order valence-electron chi connectivity index (χ4n) is 3.33. The van der Waals surface area contributed by atoms with E-state index in [0.717, 1.165) is 12.1 Å². The van der Waals surface area contributed by atoms with Gasteiger partial charge < -0.3 is 14.4 Å². The topological polar surface area (TPSA) is 51.5 Å². The van der Waals surface area contributed by atoms with Crippen LogP contribution in [0.5, 0.6) is 5.75 Å². The lowest BCUT2D eigenvalue weighted by Crippen LogP contribution is -2.32. The van der Waals surface area contributed by atoms with Crippen LogP contribution in [-0.4, -0.2) is 34.2 Å². The summed E-state index contributed by atoms with van der Waals surface area (Å²) in [5.41, 5.74) is 1.96. The van der Waals surface area contributed by atoms with E-state index in [1.807, 2.05) is 0 Å². The maximum absolute atomic E-state index is 14.3. The number of rotatable bonds is 7. The van der Waals surface area contributed by atoms with Gasteiger partial charge in [0, 0.05) is 28.6 Å². The van der Waals surface area contributed by atoms with Crippen LogP contribution in [0.2, 0.25) is 0 Å². The number of aliphatic carboxylic acids is 1. The summed E-state index contributed by atoms with van der Waals surface area (Å²) < 4.78 is 84.6. The zero-order valence-electron chi connectivity index (χ0n) is 16.8. The van der Waals surface area contributed by atoms with E-state index in [1.165, 1.54) is 31.4 Å². The number of carboxylic acids is 1. The molecule has 0 radical (unpaired) electrons. The second-order valence-electron chi connectivity index (χ2n) is 6.99. The van der Waals surface area contributed by atoms with Crippen molar-refractivity contribution in [2.24, 2.45) is 0 Å². The van der Waals surface area contributed by atoms with Gasteiger partial charge in [0.1, 0.15) is 0 Å². The summed E-state index contributed by atoms with van der Waals surface area (Å²) >= 11 is -0.603. The Labute approximate surface area is 182 Å². The molecule has 3 rings (SSSR count). The minimum atomic E-state index is -5.68. The maximum Gasteiger partial charge on any atom is 0.464 e. The lowest BCUT2D eigenvalue weighted by atomic mass is 10.1. The number of hydrogen-bond donors (Lipinski definition) is 1. The Hall–Kier alpha value is -2.82. The van der Waals surface area contributed by atoms with Gasteiger partial charge in [0.15, 0.2) is 11.6 Å². The molecule has 0 aliphatic carbocycles. The fourth-order valence-corrected chi connectivity index (χ4v) is 4.02. The molecule has 0 spiro atoms. The highest BCUT2D eigenvalue weighted by Gasteiger charge is 2.58. The van der Waals surface area contributed by atoms with Gasteiger partial charge in [-0.2, -0.15) is 22.0 Å². The van der Waals surface area contributed by atoms with Crippen LogP contribution in [0.4, 0.5) is 26.3 Å². The molecule has 32 heavy (non-hydrogen) atoms. The van der Waals surface area contributed by atoms with E-state index in [-0.39, 0.29) is 23.6 Å². The number of alkyl halides is 5. The van der Waals surface area contributed by atoms with E-state index in [0.29, 0.717) is 27.7 Å². The third kappa shape index (κ3) is 4.67. The quantitative estimate of drug-likeness (QED) is 0.334. The molecule has 0 amide bonds. The number of halogens is 6. The molecule has 3 aromatic rings. The first-order valence-corrected chi connectivity index (χ1v) is 9.95. The van der Waals surface area contributed by atoms with Crippen molar-refractivity contribution in [2.75, 3.05) is 7.11 Å².